The van der Waals surface area contributed by atoms with Crippen molar-refractivity contribution < 1.29 is 41.6 Å². The minimum atomic E-state index is -4.36. The number of anilines is 5. The normalized spacial score (nSPS) is 11.4. The van der Waals surface area contributed by atoms with E-state index in [0.717, 1.165) is 227 Å². The van der Waals surface area contributed by atoms with Gasteiger partial charge < -0.3 is 68.0 Å². The van der Waals surface area contributed by atoms with Gasteiger partial charge in [0.2, 0.25) is 0 Å². The summed E-state index contributed by atoms with van der Waals surface area (Å²) in [5.41, 5.74) is 21.8. The lowest BCUT2D eigenvalue weighted by atomic mass is 10.0. The number of hydrogen-bond donors (Lipinski definition) is 4. The van der Waals surface area contributed by atoms with Crippen LogP contribution in [0.2, 0.25) is 0 Å². The molecule has 25 nitrogen and oxygen atoms in total. The monoisotopic (exact) mass is 1770 g/mol. The number of pyridine rings is 1. The Morgan fingerprint density at radius 1 is 0.389 bits per heavy atom. The summed E-state index contributed by atoms with van der Waals surface area (Å²) >= 11 is 0. The number of alkyl halides is 3. The van der Waals surface area contributed by atoms with Gasteiger partial charge in [-0.25, -0.2) is 0 Å². The third-order valence-electron chi connectivity index (χ3n) is 23.6. The Morgan fingerprint density at radius 2 is 0.779 bits per heavy atom. The molecular weight excluding hydrogens is 1660 g/mol. The molecule has 7 aromatic carbocycles. The molecule has 0 aliphatic carbocycles. The van der Waals surface area contributed by atoms with Crippen molar-refractivity contribution in [2.24, 2.45) is 0 Å². The van der Waals surface area contributed by atoms with Gasteiger partial charge in [-0.05, 0) is 243 Å². The van der Waals surface area contributed by atoms with Gasteiger partial charge in [0.05, 0.1) is 92.1 Å². The molecule has 0 bridgehead atoms. The average Bonchev–Trinajstić information content (AvgIpc) is 1.59. The van der Waals surface area contributed by atoms with Crippen LogP contribution in [0, 0.1) is 83.1 Å². The predicted molar refractivity (Wildman–Crippen MR) is 517 cm³/mol. The van der Waals surface area contributed by atoms with E-state index in [4.69, 9.17) is 28.4 Å². The molecule has 0 spiro atoms. The number of rotatable bonds is 27. The number of hydrogen-bond acceptors (Lipinski definition) is 20. The van der Waals surface area contributed by atoms with E-state index in [-0.39, 0.29) is 0 Å². The number of ether oxygens (including phenoxy) is 6. The minimum absolute atomic E-state index is 0.307. The van der Waals surface area contributed by atoms with E-state index >= 15 is 0 Å². The molecule has 0 radical (unpaired) electrons. The SMILES string of the molecule is CCOc1ccc(-n2c(C)c3c(C)nnc(NCc4ccc(C(F)(F)F)cc4)c3c2C)c(OC)c1.CCOc1ccc(-n2c(C)c3c(C)nnc(NCc4cccc5cccnc45)c3c2C)cc1.CCOc1ccc(-n2c(C)c3c(C)nnc(NCc4cnn(CC)c4)c3c2C)cc1.CCOc1ccc(-n2c(C)c3c(C)nnc(Nc4ccc(C(C)C)cc4)c3c2C)c(OC)c1. The first kappa shape index (κ1) is 92.6. The van der Waals surface area contributed by atoms with E-state index < -0.39 is 11.7 Å². The number of aromatic nitrogens is 15. The summed E-state index contributed by atoms with van der Waals surface area (Å²) in [6.45, 7) is 44.0. The predicted octanol–water partition coefficient (Wildman–Crippen LogP) is 23.5. The summed E-state index contributed by atoms with van der Waals surface area (Å²) in [4.78, 5) is 4.58. The maximum absolute atomic E-state index is 12.9. The van der Waals surface area contributed by atoms with Crippen molar-refractivity contribution in [3.63, 3.8) is 0 Å². The quantitative estimate of drug-likeness (QED) is 0.0373. The molecule has 10 heterocycles. The van der Waals surface area contributed by atoms with E-state index in [1.165, 1.54) is 17.7 Å². The van der Waals surface area contributed by atoms with Gasteiger partial charge in [-0.1, -0.05) is 62.4 Å². The van der Waals surface area contributed by atoms with Crippen LogP contribution in [0.15, 0.2) is 182 Å². The van der Waals surface area contributed by atoms with E-state index in [1.54, 1.807) is 14.2 Å². The highest BCUT2D eigenvalue weighted by molar-refractivity contribution is 6.02. The second kappa shape index (κ2) is 40.4. The molecule has 10 aromatic heterocycles. The third-order valence-corrected chi connectivity index (χ3v) is 23.6. The fourth-order valence-electron chi connectivity index (χ4n) is 17.5. The van der Waals surface area contributed by atoms with Crippen molar-refractivity contribution in [1.29, 1.82) is 0 Å². The van der Waals surface area contributed by atoms with Gasteiger partial charge in [-0.2, -0.15) is 38.7 Å². The van der Waals surface area contributed by atoms with Gasteiger partial charge in [-0.3, -0.25) is 9.67 Å². The zero-order valence-corrected chi connectivity index (χ0v) is 78.3. The van der Waals surface area contributed by atoms with Crippen LogP contribution in [0.1, 0.15) is 151 Å². The number of benzene rings is 7. The third kappa shape index (κ3) is 19.4. The van der Waals surface area contributed by atoms with Gasteiger partial charge in [0.15, 0.2) is 23.3 Å². The van der Waals surface area contributed by atoms with E-state index in [2.05, 4.69) is 232 Å². The van der Waals surface area contributed by atoms with Crippen LogP contribution in [0.4, 0.5) is 42.1 Å². The van der Waals surface area contributed by atoms with Crippen LogP contribution >= 0.6 is 0 Å². The molecule has 0 saturated heterocycles. The second-order valence-electron chi connectivity index (χ2n) is 32.3. The lowest BCUT2D eigenvalue weighted by molar-refractivity contribution is -0.137. The topological polar surface area (TPSA) is 257 Å². The van der Waals surface area contributed by atoms with Crippen molar-refractivity contribution in [2.45, 2.75) is 170 Å². The number of nitrogens with zero attached hydrogens (tertiary/aromatic N) is 15. The Bertz CT molecular complexity index is 6930. The number of halogens is 3. The van der Waals surface area contributed by atoms with Crippen molar-refractivity contribution in [1.82, 2.24) is 73.8 Å². The van der Waals surface area contributed by atoms with Crippen molar-refractivity contribution in [2.75, 3.05) is 61.9 Å². The smallest absolute Gasteiger partial charge is 0.416 e. The number of methoxy groups -OCH3 is 2. The molecule has 17 rings (SSSR count). The maximum Gasteiger partial charge on any atom is 0.416 e. The Kier molecular flexibility index (Phi) is 28.6. The standard InChI is InChI=1S/C27H27N5O.C27H32N4O2.C26H27F3N4O2.C23H28N6O/c1-5-33-23-13-11-22(12-14-23)32-18(3)24-17(2)30-31-27(25(24)19(32)4)29-16-21-9-6-8-20-10-7-15-28-26(20)21;1-8-33-22-13-14-23(24(15-22)32-7)31-18(5)25-17(4)29-30-27(26(25)19(31)6)28-21-11-9-20(10-12-21)16(2)3;1-6-35-20-11-12-21(22(13-20)34-5)33-16(3)23-15(2)31-32-25(24(23)17(33)4)30-14-18-7-9-19(10-8-18)26(27,28)29;1-6-28-14-18(13-25-28)12-24-23-22-17(5)29(16(4)21(22)15(3)26-27-23)19-8-10-20(11-9-19)30-7-2/h6-15H,5,16H2,1-4H3,(H,29,31);9-16H,8H2,1-7H3,(H,28,30);7-13H,6,14H2,1-5H3,(H,30,32);8-11,13-14H,6-7,12H2,1-5H3,(H,24,27). The van der Waals surface area contributed by atoms with Crippen LogP contribution in [-0.4, -0.2) is 114 Å². The molecule has 0 atom stereocenters. The number of nitrogens with one attached hydrogen (secondary N) is 4. The molecule has 0 unspecified atom stereocenters. The van der Waals surface area contributed by atoms with Gasteiger partial charge in [0.1, 0.15) is 34.5 Å². The highest BCUT2D eigenvalue weighted by Crippen LogP contribution is 2.43. The Morgan fingerprint density at radius 3 is 1.20 bits per heavy atom. The lowest BCUT2D eigenvalue weighted by Gasteiger charge is -2.15. The van der Waals surface area contributed by atoms with Crippen molar-refractivity contribution >= 4 is 83.0 Å². The molecule has 0 aliphatic rings. The second-order valence-corrected chi connectivity index (χ2v) is 32.3. The highest BCUT2D eigenvalue weighted by Gasteiger charge is 2.31. The molecular formula is C103H114F3N19O6. The van der Waals surface area contributed by atoms with Crippen molar-refractivity contribution in [3.8, 4) is 57.2 Å². The minimum Gasteiger partial charge on any atom is -0.494 e. The van der Waals surface area contributed by atoms with E-state index in [9.17, 15) is 13.2 Å². The fourth-order valence-corrected chi connectivity index (χ4v) is 17.5. The molecule has 0 amide bonds. The summed E-state index contributed by atoms with van der Waals surface area (Å²) in [7, 11) is 3.30. The van der Waals surface area contributed by atoms with Crippen LogP contribution in [0.5, 0.6) is 34.5 Å². The lowest BCUT2D eigenvalue weighted by Crippen LogP contribution is -2.07. The summed E-state index contributed by atoms with van der Waals surface area (Å²) in [6.07, 6.45) is 1.41. The molecule has 0 saturated carbocycles. The number of aryl methyl sites for hydroxylation is 13. The van der Waals surface area contributed by atoms with Crippen molar-refractivity contribution in [3.05, 3.63) is 279 Å². The molecule has 4 N–H and O–H groups in total. The van der Waals surface area contributed by atoms with Gasteiger partial charge in [-0.15, -0.1) is 20.4 Å². The molecule has 678 valence electrons. The zero-order valence-electron chi connectivity index (χ0n) is 78.3. The van der Waals surface area contributed by atoms with E-state index in [0.29, 0.717) is 69.1 Å². The zero-order chi connectivity index (χ0) is 93.2. The molecule has 0 aliphatic heterocycles. The van der Waals surface area contributed by atoms with Gasteiger partial charge in [0, 0.05) is 167 Å². The highest BCUT2D eigenvalue weighted by atomic mass is 19.4. The maximum atomic E-state index is 12.9. The van der Waals surface area contributed by atoms with E-state index in [1.807, 2.05) is 153 Å². The number of fused-ring (bicyclic) bond motifs is 5. The Hall–Kier alpha value is -14.6. The van der Waals surface area contributed by atoms with Gasteiger partial charge >= 0.3 is 6.18 Å². The summed E-state index contributed by atoms with van der Waals surface area (Å²) in [5, 5.41) is 63.3. The molecule has 0 fully saturated rings. The van der Waals surface area contributed by atoms with Crippen LogP contribution in [0.3, 0.4) is 0 Å². The molecule has 28 heteroatoms. The summed E-state index contributed by atoms with van der Waals surface area (Å²) in [5.74, 6) is 8.07. The Labute approximate surface area is 761 Å². The number of para-hydroxylation sites is 1. The first-order valence-electron chi connectivity index (χ1n) is 44.2. The van der Waals surface area contributed by atoms with Crippen LogP contribution in [0.25, 0.3) is 76.7 Å². The van der Waals surface area contributed by atoms with Gasteiger partial charge in [0.25, 0.3) is 0 Å². The molecule has 131 heavy (non-hydrogen) atoms. The molecule has 17 aromatic rings. The largest absolute Gasteiger partial charge is 0.494 e. The summed E-state index contributed by atoms with van der Waals surface area (Å²) < 4.78 is 83.2. The average molecular weight is 1770 g/mol. The first-order chi connectivity index (χ1) is 63.1. The fraction of sp³-hybridized carbons (Fsp3) is 0.301. The Balaban J connectivity index is 0.000000141. The van der Waals surface area contributed by atoms with Crippen LogP contribution < -0.4 is 49.7 Å². The van der Waals surface area contributed by atoms with Crippen LogP contribution in [-0.2, 0) is 32.4 Å². The first-order valence-corrected chi connectivity index (χ1v) is 44.2. The summed E-state index contributed by atoms with van der Waals surface area (Å²) in [6, 6.07) is 51.9.